The summed E-state index contributed by atoms with van der Waals surface area (Å²) >= 11 is 6.27. The van der Waals surface area contributed by atoms with E-state index in [0.29, 0.717) is 0 Å². The molecule has 1 fully saturated rings. The fourth-order valence-corrected chi connectivity index (χ4v) is 2.12. The van der Waals surface area contributed by atoms with Crippen LogP contribution in [0.25, 0.3) is 0 Å². The number of aryl methyl sites for hydroxylation is 1. The molecule has 94 valence electrons. The van der Waals surface area contributed by atoms with Crippen LogP contribution in [-0.4, -0.2) is 19.8 Å². The smallest absolute Gasteiger partial charge is 0.0465 e. The summed E-state index contributed by atoms with van der Waals surface area (Å²) in [5, 5.41) is 4.36. The molecule has 1 aromatic carbocycles. The molecule has 0 bridgehead atoms. The largest absolute Gasteiger partial charge is 0.385 e. The average molecular weight is 254 g/mol. The van der Waals surface area contributed by atoms with Crippen molar-refractivity contribution in [3.05, 3.63) is 34.3 Å². The van der Waals surface area contributed by atoms with Gasteiger partial charge in [0, 0.05) is 31.3 Å². The quantitative estimate of drug-likeness (QED) is 0.754. The number of methoxy groups -OCH3 is 1. The predicted molar refractivity (Wildman–Crippen MR) is 71.5 cm³/mol. The fraction of sp³-hybridized carbons (Fsp3) is 0.571. The maximum atomic E-state index is 6.27. The third kappa shape index (κ3) is 4.30. The Balaban J connectivity index is 1.85. The Labute approximate surface area is 108 Å². The van der Waals surface area contributed by atoms with E-state index in [4.69, 9.17) is 16.3 Å². The van der Waals surface area contributed by atoms with Crippen molar-refractivity contribution in [3.8, 4) is 0 Å². The molecule has 3 heteroatoms. The second-order valence-electron chi connectivity index (χ2n) is 4.68. The number of halogens is 1. The van der Waals surface area contributed by atoms with Crippen LogP contribution in [0.4, 0.5) is 0 Å². The Morgan fingerprint density at radius 3 is 2.88 bits per heavy atom. The molecule has 1 aliphatic carbocycles. The molecular weight excluding hydrogens is 234 g/mol. The molecular formula is C14H20ClNO. The summed E-state index contributed by atoms with van der Waals surface area (Å²) in [5.41, 5.74) is 2.50. The maximum absolute atomic E-state index is 6.27. The van der Waals surface area contributed by atoms with Crippen LogP contribution in [0.3, 0.4) is 0 Å². The average Bonchev–Trinajstić information content (AvgIpc) is 3.12. The molecule has 2 rings (SSSR count). The van der Waals surface area contributed by atoms with E-state index in [1.54, 1.807) is 7.11 Å². The number of hydrogen-bond donors (Lipinski definition) is 1. The van der Waals surface area contributed by atoms with Crippen LogP contribution in [0.5, 0.6) is 0 Å². The number of ether oxygens (including phenoxy) is 1. The van der Waals surface area contributed by atoms with Gasteiger partial charge in [-0.3, -0.25) is 0 Å². The minimum atomic E-state index is 0.729. The Morgan fingerprint density at radius 1 is 1.41 bits per heavy atom. The van der Waals surface area contributed by atoms with E-state index >= 15 is 0 Å². The van der Waals surface area contributed by atoms with E-state index in [9.17, 15) is 0 Å². The molecule has 1 aromatic rings. The normalized spacial score (nSPS) is 15.2. The van der Waals surface area contributed by atoms with Crippen molar-refractivity contribution < 1.29 is 4.74 Å². The highest BCUT2D eigenvalue weighted by Crippen LogP contribution is 2.22. The van der Waals surface area contributed by atoms with Crippen molar-refractivity contribution in [2.24, 2.45) is 0 Å². The third-order valence-corrected chi connectivity index (χ3v) is 3.44. The SMILES string of the molecule is COCCCc1ccc(CNC2CC2)c(Cl)c1. The van der Waals surface area contributed by atoms with Gasteiger partial charge in [0.15, 0.2) is 0 Å². The topological polar surface area (TPSA) is 21.3 Å². The van der Waals surface area contributed by atoms with Gasteiger partial charge in [-0.2, -0.15) is 0 Å². The van der Waals surface area contributed by atoms with Gasteiger partial charge in [0.05, 0.1) is 0 Å². The highest BCUT2D eigenvalue weighted by atomic mass is 35.5. The molecule has 0 aromatic heterocycles. The number of hydrogen-bond acceptors (Lipinski definition) is 2. The Kier molecular flexibility index (Phi) is 4.84. The lowest BCUT2D eigenvalue weighted by Crippen LogP contribution is -2.15. The summed E-state index contributed by atoms with van der Waals surface area (Å²) in [5.74, 6) is 0. The first kappa shape index (κ1) is 12.9. The van der Waals surface area contributed by atoms with E-state index in [1.807, 2.05) is 0 Å². The summed E-state index contributed by atoms with van der Waals surface area (Å²) in [6.45, 7) is 1.70. The van der Waals surface area contributed by atoms with Crippen LogP contribution in [0, 0.1) is 0 Å². The van der Waals surface area contributed by atoms with Gasteiger partial charge in [-0.25, -0.2) is 0 Å². The molecule has 1 saturated carbocycles. The standard InChI is InChI=1S/C14H20ClNO/c1-17-8-2-3-11-4-5-12(14(15)9-11)10-16-13-6-7-13/h4-5,9,13,16H,2-3,6-8,10H2,1H3. The van der Waals surface area contributed by atoms with Crippen molar-refractivity contribution >= 4 is 11.6 Å². The van der Waals surface area contributed by atoms with Gasteiger partial charge in [-0.1, -0.05) is 23.7 Å². The van der Waals surface area contributed by atoms with Gasteiger partial charge < -0.3 is 10.1 Å². The van der Waals surface area contributed by atoms with Crippen LogP contribution in [0.1, 0.15) is 30.4 Å². The second kappa shape index (κ2) is 6.39. The zero-order chi connectivity index (χ0) is 12.1. The van der Waals surface area contributed by atoms with E-state index in [1.165, 1.54) is 24.0 Å². The number of nitrogens with one attached hydrogen (secondary N) is 1. The Bertz CT molecular complexity index is 363. The molecule has 0 heterocycles. The predicted octanol–water partition coefficient (Wildman–Crippen LogP) is 3.17. The van der Waals surface area contributed by atoms with E-state index < -0.39 is 0 Å². The highest BCUT2D eigenvalue weighted by molar-refractivity contribution is 6.31. The van der Waals surface area contributed by atoms with Crippen molar-refractivity contribution in [1.82, 2.24) is 5.32 Å². The second-order valence-corrected chi connectivity index (χ2v) is 5.08. The van der Waals surface area contributed by atoms with Gasteiger partial charge in [-0.15, -0.1) is 0 Å². The van der Waals surface area contributed by atoms with Crippen LogP contribution in [0.2, 0.25) is 5.02 Å². The van der Waals surface area contributed by atoms with Crippen molar-refractivity contribution in [3.63, 3.8) is 0 Å². The van der Waals surface area contributed by atoms with E-state index in [0.717, 1.165) is 37.1 Å². The Hall–Kier alpha value is -0.570. The van der Waals surface area contributed by atoms with Crippen LogP contribution in [0.15, 0.2) is 18.2 Å². The number of rotatable bonds is 7. The molecule has 2 nitrogen and oxygen atoms in total. The molecule has 17 heavy (non-hydrogen) atoms. The lowest BCUT2D eigenvalue weighted by atomic mass is 10.1. The molecule has 0 spiro atoms. The summed E-state index contributed by atoms with van der Waals surface area (Å²) in [7, 11) is 1.74. The summed E-state index contributed by atoms with van der Waals surface area (Å²) in [6, 6.07) is 7.12. The monoisotopic (exact) mass is 253 g/mol. The zero-order valence-corrected chi connectivity index (χ0v) is 11.1. The van der Waals surface area contributed by atoms with Crippen LogP contribution < -0.4 is 5.32 Å². The summed E-state index contributed by atoms with van der Waals surface area (Å²) in [4.78, 5) is 0. The first-order valence-corrected chi connectivity index (χ1v) is 6.67. The lowest BCUT2D eigenvalue weighted by Gasteiger charge is -2.08. The third-order valence-electron chi connectivity index (χ3n) is 3.09. The lowest BCUT2D eigenvalue weighted by molar-refractivity contribution is 0.195. The molecule has 0 saturated heterocycles. The summed E-state index contributed by atoms with van der Waals surface area (Å²) in [6.07, 6.45) is 4.70. The molecule has 0 atom stereocenters. The first-order chi connectivity index (χ1) is 8.29. The van der Waals surface area contributed by atoms with Gasteiger partial charge in [0.1, 0.15) is 0 Å². The molecule has 0 radical (unpaired) electrons. The Morgan fingerprint density at radius 2 is 2.24 bits per heavy atom. The van der Waals surface area contributed by atoms with Gasteiger partial charge in [0.25, 0.3) is 0 Å². The fourth-order valence-electron chi connectivity index (χ4n) is 1.85. The van der Waals surface area contributed by atoms with Crippen molar-refractivity contribution in [1.29, 1.82) is 0 Å². The molecule has 1 N–H and O–H groups in total. The molecule has 0 unspecified atom stereocenters. The van der Waals surface area contributed by atoms with Crippen molar-refractivity contribution in [2.75, 3.05) is 13.7 Å². The minimum absolute atomic E-state index is 0.729. The number of benzene rings is 1. The minimum Gasteiger partial charge on any atom is -0.385 e. The molecule has 1 aliphatic rings. The van der Waals surface area contributed by atoms with E-state index in [-0.39, 0.29) is 0 Å². The first-order valence-electron chi connectivity index (χ1n) is 6.29. The summed E-state index contributed by atoms with van der Waals surface area (Å²) < 4.78 is 5.05. The van der Waals surface area contributed by atoms with Crippen LogP contribution in [-0.2, 0) is 17.7 Å². The van der Waals surface area contributed by atoms with Gasteiger partial charge in [0.2, 0.25) is 0 Å². The van der Waals surface area contributed by atoms with Crippen molar-refractivity contribution in [2.45, 2.75) is 38.3 Å². The van der Waals surface area contributed by atoms with Crippen LogP contribution >= 0.6 is 11.6 Å². The maximum Gasteiger partial charge on any atom is 0.0465 e. The molecule has 0 aliphatic heterocycles. The zero-order valence-electron chi connectivity index (χ0n) is 10.3. The molecule has 0 amide bonds. The highest BCUT2D eigenvalue weighted by Gasteiger charge is 2.20. The van der Waals surface area contributed by atoms with Gasteiger partial charge in [-0.05, 0) is 42.9 Å². The van der Waals surface area contributed by atoms with Gasteiger partial charge >= 0.3 is 0 Å². The van der Waals surface area contributed by atoms with E-state index in [2.05, 4.69) is 23.5 Å².